The first-order valence-corrected chi connectivity index (χ1v) is 7.97. The van der Waals surface area contributed by atoms with Crippen molar-refractivity contribution in [3.8, 4) is 0 Å². The number of benzene rings is 1. The zero-order valence-corrected chi connectivity index (χ0v) is 12.9. The summed E-state index contributed by atoms with van der Waals surface area (Å²) in [6, 6.07) is 10.3. The van der Waals surface area contributed by atoms with E-state index < -0.39 is 0 Å². The van der Waals surface area contributed by atoms with E-state index in [4.69, 9.17) is 0 Å². The van der Waals surface area contributed by atoms with Crippen LogP contribution in [0, 0.1) is 5.92 Å². The molecular weight excluding hydrogens is 276 g/mol. The minimum atomic E-state index is -0.113. The fourth-order valence-corrected chi connectivity index (χ4v) is 3.02. The topological polar surface area (TPSA) is 59.8 Å². The number of hydrogen-bond donors (Lipinski definition) is 1. The van der Waals surface area contributed by atoms with Crippen LogP contribution in [0.1, 0.15) is 48.7 Å². The van der Waals surface area contributed by atoms with E-state index >= 15 is 0 Å². The second-order valence-corrected chi connectivity index (χ2v) is 6.13. The summed E-state index contributed by atoms with van der Waals surface area (Å²) < 4.78 is 1.70. The molecule has 5 nitrogen and oxygen atoms in total. The van der Waals surface area contributed by atoms with Crippen LogP contribution in [0.15, 0.2) is 36.5 Å². The van der Waals surface area contributed by atoms with Gasteiger partial charge in [-0.05, 0) is 24.3 Å². The summed E-state index contributed by atoms with van der Waals surface area (Å²) in [7, 11) is 0. The zero-order chi connectivity index (χ0) is 15.4. The molecule has 0 aliphatic heterocycles. The molecule has 3 rings (SSSR count). The molecule has 1 saturated carbocycles. The SMILES string of the molecule is CC1CCCCC1NC(=O)c1cn(Cc2ccccc2)nn1. The van der Waals surface area contributed by atoms with Gasteiger partial charge in [0, 0.05) is 6.04 Å². The summed E-state index contributed by atoms with van der Waals surface area (Å²) in [5.41, 5.74) is 1.54. The molecule has 1 aliphatic carbocycles. The van der Waals surface area contributed by atoms with Crippen LogP contribution in [-0.2, 0) is 6.54 Å². The predicted molar refractivity (Wildman–Crippen MR) is 84.5 cm³/mol. The fraction of sp³-hybridized carbons (Fsp3) is 0.471. The largest absolute Gasteiger partial charge is 0.348 e. The molecule has 1 fully saturated rings. The molecule has 1 amide bonds. The second kappa shape index (κ2) is 6.73. The van der Waals surface area contributed by atoms with Gasteiger partial charge < -0.3 is 5.32 Å². The van der Waals surface area contributed by atoms with Crippen LogP contribution in [0.5, 0.6) is 0 Å². The molecule has 0 saturated heterocycles. The lowest BCUT2D eigenvalue weighted by atomic mass is 9.86. The third-order valence-corrected chi connectivity index (χ3v) is 4.39. The van der Waals surface area contributed by atoms with Crippen LogP contribution >= 0.6 is 0 Å². The van der Waals surface area contributed by atoms with E-state index in [-0.39, 0.29) is 11.9 Å². The van der Waals surface area contributed by atoms with Gasteiger partial charge in [0.1, 0.15) is 0 Å². The zero-order valence-electron chi connectivity index (χ0n) is 12.9. The summed E-state index contributed by atoms with van der Waals surface area (Å²) in [6.07, 6.45) is 6.42. The fourth-order valence-electron chi connectivity index (χ4n) is 3.02. The minimum Gasteiger partial charge on any atom is -0.348 e. The first kappa shape index (κ1) is 14.8. The molecule has 2 aromatic rings. The molecule has 5 heteroatoms. The van der Waals surface area contributed by atoms with Crippen molar-refractivity contribution < 1.29 is 4.79 Å². The van der Waals surface area contributed by atoms with Crippen molar-refractivity contribution in [2.45, 2.75) is 45.2 Å². The van der Waals surface area contributed by atoms with Gasteiger partial charge in [-0.15, -0.1) is 5.10 Å². The average molecular weight is 298 g/mol. The number of hydrogen-bond acceptors (Lipinski definition) is 3. The lowest BCUT2D eigenvalue weighted by Crippen LogP contribution is -2.41. The smallest absolute Gasteiger partial charge is 0.273 e. The molecule has 1 aliphatic rings. The number of rotatable bonds is 4. The van der Waals surface area contributed by atoms with Gasteiger partial charge >= 0.3 is 0 Å². The van der Waals surface area contributed by atoms with E-state index in [9.17, 15) is 4.79 Å². The molecular formula is C17H22N4O. The number of nitrogens with zero attached hydrogens (tertiary/aromatic N) is 3. The van der Waals surface area contributed by atoms with Crippen molar-refractivity contribution >= 4 is 5.91 Å². The molecule has 1 N–H and O–H groups in total. The van der Waals surface area contributed by atoms with E-state index in [2.05, 4.69) is 22.6 Å². The Hall–Kier alpha value is -2.17. The molecule has 0 radical (unpaired) electrons. The molecule has 116 valence electrons. The van der Waals surface area contributed by atoms with Gasteiger partial charge in [0.2, 0.25) is 0 Å². The van der Waals surface area contributed by atoms with Gasteiger partial charge in [-0.1, -0.05) is 55.3 Å². The molecule has 1 heterocycles. The molecule has 22 heavy (non-hydrogen) atoms. The van der Waals surface area contributed by atoms with Crippen molar-refractivity contribution in [2.24, 2.45) is 5.92 Å². The van der Waals surface area contributed by atoms with E-state index in [0.717, 1.165) is 12.0 Å². The van der Waals surface area contributed by atoms with Crippen molar-refractivity contribution in [1.82, 2.24) is 20.3 Å². The standard InChI is InChI=1S/C17H22N4O/c1-13-7-5-6-10-15(13)18-17(22)16-12-21(20-19-16)11-14-8-3-2-4-9-14/h2-4,8-9,12-13,15H,5-7,10-11H2,1H3,(H,18,22). The Morgan fingerprint density at radius 1 is 1.27 bits per heavy atom. The van der Waals surface area contributed by atoms with E-state index in [1.165, 1.54) is 19.3 Å². The lowest BCUT2D eigenvalue weighted by molar-refractivity contribution is 0.0905. The van der Waals surface area contributed by atoms with Gasteiger partial charge in [-0.3, -0.25) is 4.79 Å². The van der Waals surface area contributed by atoms with Gasteiger partial charge in [0.25, 0.3) is 5.91 Å². The van der Waals surface area contributed by atoms with Gasteiger partial charge in [0.05, 0.1) is 12.7 Å². The van der Waals surface area contributed by atoms with Gasteiger partial charge in [-0.25, -0.2) is 4.68 Å². The van der Waals surface area contributed by atoms with Crippen molar-refractivity contribution in [2.75, 3.05) is 0 Å². The summed E-state index contributed by atoms with van der Waals surface area (Å²) in [5, 5.41) is 11.2. The molecule has 0 spiro atoms. The monoisotopic (exact) mass is 298 g/mol. The van der Waals surface area contributed by atoms with Gasteiger partial charge in [0.15, 0.2) is 5.69 Å². The Morgan fingerprint density at radius 3 is 2.82 bits per heavy atom. The number of amides is 1. The molecule has 1 aromatic carbocycles. The number of carbonyl (C=O) groups excluding carboxylic acids is 1. The summed E-state index contributed by atoms with van der Waals surface area (Å²) in [4.78, 5) is 12.3. The Kier molecular flexibility index (Phi) is 4.51. The van der Waals surface area contributed by atoms with Crippen LogP contribution in [-0.4, -0.2) is 26.9 Å². The number of nitrogens with one attached hydrogen (secondary N) is 1. The maximum atomic E-state index is 12.3. The summed E-state index contributed by atoms with van der Waals surface area (Å²) in [5.74, 6) is 0.426. The third kappa shape index (κ3) is 3.53. The molecule has 2 atom stereocenters. The maximum Gasteiger partial charge on any atom is 0.273 e. The van der Waals surface area contributed by atoms with Crippen LogP contribution in [0.25, 0.3) is 0 Å². The summed E-state index contributed by atoms with van der Waals surface area (Å²) >= 11 is 0. The van der Waals surface area contributed by atoms with E-state index in [0.29, 0.717) is 18.2 Å². The molecule has 1 aromatic heterocycles. The lowest BCUT2D eigenvalue weighted by Gasteiger charge is -2.29. The van der Waals surface area contributed by atoms with Gasteiger partial charge in [-0.2, -0.15) is 0 Å². The quantitative estimate of drug-likeness (QED) is 0.944. The van der Waals surface area contributed by atoms with Crippen molar-refractivity contribution in [3.05, 3.63) is 47.8 Å². The average Bonchev–Trinajstić information content (AvgIpc) is 2.99. The van der Waals surface area contributed by atoms with Crippen LogP contribution in [0.4, 0.5) is 0 Å². The Morgan fingerprint density at radius 2 is 2.05 bits per heavy atom. The number of carbonyl (C=O) groups is 1. The molecule has 0 bridgehead atoms. The number of aromatic nitrogens is 3. The normalized spacial score (nSPS) is 21.5. The molecule has 2 unspecified atom stereocenters. The Labute approximate surface area is 130 Å². The first-order chi connectivity index (χ1) is 10.7. The first-order valence-electron chi connectivity index (χ1n) is 7.97. The highest BCUT2D eigenvalue weighted by Crippen LogP contribution is 2.23. The highest BCUT2D eigenvalue weighted by Gasteiger charge is 2.24. The second-order valence-electron chi connectivity index (χ2n) is 6.13. The van der Waals surface area contributed by atoms with E-state index in [1.807, 2.05) is 30.3 Å². The maximum absolute atomic E-state index is 12.3. The van der Waals surface area contributed by atoms with Crippen LogP contribution in [0.2, 0.25) is 0 Å². The van der Waals surface area contributed by atoms with Crippen molar-refractivity contribution in [3.63, 3.8) is 0 Å². The summed E-state index contributed by atoms with van der Waals surface area (Å²) in [6.45, 7) is 2.83. The van der Waals surface area contributed by atoms with Crippen molar-refractivity contribution in [1.29, 1.82) is 0 Å². The Bertz CT molecular complexity index is 623. The van der Waals surface area contributed by atoms with E-state index in [1.54, 1.807) is 10.9 Å². The van der Waals surface area contributed by atoms with Crippen LogP contribution < -0.4 is 5.32 Å². The highest BCUT2D eigenvalue weighted by molar-refractivity contribution is 5.92. The highest BCUT2D eigenvalue weighted by atomic mass is 16.2. The van der Waals surface area contributed by atoms with Crippen LogP contribution in [0.3, 0.4) is 0 Å². The Balaban J connectivity index is 1.61. The predicted octanol–water partition coefficient (Wildman–Crippen LogP) is 2.63. The minimum absolute atomic E-state index is 0.113. The third-order valence-electron chi connectivity index (χ3n) is 4.39.